The average molecular weight is 316 g/mol. The fourth-order valence-corrected chi connectivity index (χ4v) is 2.01. The first-order chi connectivity index (χ1) is 7.25. The van der Waals surface area contributed by atoms with Gasteiger partial charge in [0.2, 0.25) is 0 Å². The Morgan fingerprint density at radius 2 is 2.13 bits per heavy atom. The number of hydrogen-bond donors (Lipinski definition) is 2. The molecule has 1 amide bonds. The molecule has 80 valence electrons. The second kappa shape index (κ2) is 4.94. The van der Waals surface area contributed by atoms with Gasteiger partial charge in [0, 0.05) is 21.7 Å². The zero-order valence-corrected chi connectivity index (χ0v) is 10.5. The number of carbonyl (C=O) groups is 1. The van der Waals surface area contributed by atoms with E-state index in [-0.39, 0.29) is 11.9 Å². The highest BCUT2D eigenvalue weighted by Gasteiger charge is 2.17. The third kappa shape index (κ3) is 2.92. The van der Waals surface area contributed by atoms with Gasteiger partial charge >= 0.3 is 0 Å². The number of benzene rings is 1. The van der Waals surface area contributed by atoms with Gasteiger partial charge in [0.25, 0.3) is 5.91 Å². The number of amides is 1. The first kappa shape index (κ1) is 10.9. The summed E-state index contributed by atoms with van der Waals surface area (Å²) in [5, 5.41) is 6.23. The summed E-state index contributed by atoms with van der Waals surface area (Å²) in [6, 6.07) is 7.90. The standard InChI is InChI=1S/C11H13IN2O/c12-9-3-1-8(2-4-9)11(15)14-10-5-6-13-7-10/h1-4,10,13H,5-7H2,(H,14,15)/t10-/m0/s1. The van der Waals surface area contributed by atoms with Gasteiger partial charge in [-0.25, -0.2) is 0 Å². The molecule has 1 aromatic rings. The van der Waals surface area contributed by atoms with Crippen LogP contribution < -0.4 is 10.6 Å². The van der Waals surface area contributed by atoms with E-state index >= 15 is 0 Å². The van der Waals surface area contributed by atoms with E-state index in [0.717, 1.165) is 28.6 Å². The molecule has 1 aliphatic heterocycles. The molecule has 0 bridgehead atoms. The molecule has 2 N–H and O–H groups in total. The summed E-state index contributed by atoms with van der Waals surface area (Å²) >= 11 is 2.23. The molecule has 0 saturated carbocycles. The average Bonchev–Trinajstić information content (AvgIpc) is 2.71. The van der Waals surface area contributed by atoms with Crippen LogP contribution >= 0.6 is 22.6 Å². The van der Waals surface area contributed by atoms with Gasteiger partial charge in [-0.1, -0.05) is 0 Å². The molecular formula is C11H13IN2O. The summed E-state index contributed by atoms with van der Waals surface area (Å²) < 4.78 is 1.15. The summed E-state index contributed by atoms with van der Waals surface area (Å²) in [6.07, 6.45) is 1.02. The highest BCUT2D eigenvalue weighted by Crippen LogP contribution is 2.07. The van der Waals surface area contributed by atoms with Crippen LogP contribution in [0.5, 0.6) is 0 Å². The number of hydrogen-bond acceptors (Lipinski definition) is 2. The molecular weight excluding hydrogens is 303 g/mol. The van der Waals surface area contributed by atoms with Crippen LogP contribution in [0.2, 0.25) is 0 Å². The smallest absolute Gasteiger partial charge is 0.251 e. The normalized spacial score (nSPS) is 20.2. The van der Waals surface area contributed by atoms with Crippen molar-refractivity contribution < 1.29 is 4.79 Å². The van der Waals surface area contributed by atoms with Crippen LogP contribution in [0.4, 0.5) is 0 Å². The molecule has 1 aliphatic rings. The van der Waals surface area contributed by atoms with Gasteiger partial charge in [-0.15, -0.1) is 0 Å². The number of rotatable bonds is 2. The lowest BCUT2D eigenvalue weighted by Crippen LogP contribution is -2.36. The molecule has 1 atom stereocenters. The van der Waals surface area contributed by atoms with Gasteiger partial charge in [0.1, 0.15) is 0 Å². The third-order valence-corrected chi connectivity index (χ3v) is 3.22. The van der Waals surface area contributed by atoms with Crippen molar-refractivity contribution in [1.82, 2.24) is 10.6 Å². The van der Waals surface area contributed by atoms with E-state index < -0.39 is 0 Å². The summed E-state index contributed by atoms with van der Waals surface area (Å²) in [5.74, 6) is 0.0279. The first-order valence-electron chi connectivity index (χ1n) is 5.03. The lowest BCUT2D eigenvalue weighted by Gasteiger charge is -2.10. The van der Waals surface area contributed by atoms with Crippen LogP contribution in [0.15, 0.2) is 24.3 Å². The Morgan fingerprint density at radius 3 is 2.73 bits per heavy atom. The van der Waals surface area contributed by atoms with Crippen molar-refractivity contribution in [2.75, 3.05) is 13.1 Å². The van der Waals surface area contributed by atoms with Crippen molar-refractivity contribution in [1.29, 1.82) is 0 Å². The molecule has 0 spiro atoms. The summed E-state index contributed by atoms with van der Waals surface area (Å²) in [5.41, 5.74) is 0.738. The van der Waals surface area contributed by atoms with Crippen molar-refractivity contribution in [2.45, 2.75) is 12.5 Å². The summed E-state index contributed by atoms with van der Waals surface area (Å²) in [6.45, 7) is 1.88. The van der Waals surface area contributed by atoms with Crippen LogP contribution in [0.25, 0.3) is 0 Å². The highest BCUT2D eigenvalue weighted by atomic mass is 127. The Bertz CT molecular complexity index is 344. The first-order valence-corrected chi connectivity index (χ1v) is 6.11. The molecule has 0 aromatic heterocycles. The van der Waals surface area contributed by atoms with E-state index in [1.165, 1.54) is 0 Å². The SMILES string of the molecule is O=C(N[C@H]1CCNC1)c1ccc(I)cc1. The zero-order valence-electron chi connectivity index (χ0n) is 8.29. The monoisotopic (exact) mass is 316 g/mol. The Balaban J connectivity index is 1.98. The maximum atomic E-state index is 11.8. The fraction of sp³-hybridized carbons (Fsp3) is 0.364. The summed E-state index contributed by atoms with van der Waals surface area (Å²) in [7, 11) is 0. The molecule has 2 rings (SSSR count). The molecule has 4 heteroatoms. The molecule has 1 fully saturated rings. The molecule has 0 aliphatic carbocycles. The minimum atomic E-state index is 0.0279. The minimum absolute atomic E-state index is 0.0279. The van der Waals surface area contributed by atoms with E-state index in [2.05, 4.69) is 33.2 Å². The van der Waals surface area contributed by atoms with Gasteiger partial charge in [0.15, 0.2) is 0 Å². The molecule has 1 heterocycles. The molecule has 0 unspecified atom stereocenters. The highest BCUT2D eigenvalue weighted by molar-refractivity contribution is 14.1. The molecule has 0 radical (unpaired) electrons. The van der Waals surface area contributed by atoms with Gasteiger partial charge in [0.05, 0.1) is 0 Å². The Kier molecular flexibility index (Phi) is 3.58. The third-order valence-electron chi connectivity index (χ3n) is 2.50. The van der Waals surface area contributed by atoms with Crippen molar-refractivity contribution >= 4 is 28.5 Å². The van der Waals surface area contributed by atoms with Crippen LogP contribution in [0, 0.1) is 3.57 Å². The van der Waals surface area contributed by atoms with Gasteiger partial charge < -0.3 is 10.6 Å². The number of nitrogens with one attached hydrogen (secondary N) is 2. The molecule has 1 aromatic carbocycles. The zero-order chi connectivity index (χ0) is 10.7. The van der Waals surface area contributed by atoms with Crippen LogP contribution in [0.3, 0.4) is 0 Å². The molecule has 1 saturated heterocycles. The number of halogens is 1. The maximum absolute atomic E-state index is 11.8. The minimum Gasteiger partial charge on any atom is -0.348 e. The predicted octanol–water partition coefficient (Wildman–Crippen LogP) is 1.38. The second-order valence-electron chi connectivity index (χ2n) is 3.67. The van der Waals surface area contributed by atoms with Crippen molar-refractivity contribution in [3.63, 3.8) is 0 Å². The lowest BCUT2D eigenvalue weighted by molar-refractivity contribution is 0.0940. The van der Waals surface area contributed by atoms with Crippen LogP contribution in [0.1, 0.15) is 16.8 Å². The van der Waals surface area contributed by atoms with E-state index in [4.69, 9.17) is 0 Å². The molecule has 3 nitrogen and oxygen atoms in total. The lowest BCUT2D eigenvalue weighted by atomic mass is 10.2. The van der Waals surface area contributed by atoms with Crippen molar-refractivity contribution in [3.05, 3.63) is 33.4 Å². The Morgan fingerprint density at radius 1 is 1.40 bits per heavy atom. The van der Waals surface area contributed by atoms with E-state index in [9.17, 15) is 4.79 Å². The van der Waals surface area contributed by atoms with E-state index in [0.29, 0.717) is 0 Å². The number of carbonyl (C=O) groups excluding carboxylic acids is 1. The summed E-state index contributed by atoms with van der Waals surface area (Å²) in [4.78, 5) is 11.8. The van der Waals surface area contributed by atoms with Gasteiger partial charge in [-0.05, 0) is 59.8 Å². The van der Waals surface area contributed by atoms with Crippen molar-refractivity contribution in [3.8, 4) is 0 Å². The topological polar surface area (TPSA) is 41.1 Å². The van der Waals surface area contributed by atoms with Crippen molar-refractivity contribution in [2.24, 2.45) is 0 Å². The Hall–Kier alpha value is -0.620. The second-order valence-corrected chi connectivity index (χ2v) is 4.92. The maximum Gasteiger partial charge on any atom is 0.251 e. The van der Waals surface area contributed by atoms with Crippen LogP contribution in [-0.2, 0) is 0 Å². The quantitative estimate of drug-likeness (QED) is 0.810. The predicted molar refractivity (Wildman–Crippen MR) is 67.9 cm³/mol. The van der Waals surface area contributed by atoms with Crippen LogP contribution in [-0.4, -0.2) is 25.0 Å². The van der Waals surface area contributed by atoms with E-state index in [1.54, 1.807) is 0 Å². The largest absolute Gasteiger partial charge is 0.348 e. The molecule has 15 heavy (non-hydrogen) atoms. The van der Waals surface area contributed by atoms with Gasteiger partial charge in [-0.3, -0.25) is 4.79 Å². The Labute approximate surface area is 103 Å². The van der Waals surface area contributed by atoms with Gasteiger partial charge in [-0.2, -0.15) is 0 Å². The fourth-order valence-electron chi connectivity index (χ4n) is 1.65. The van der Waals surface area contributed by atoms with E-state index in [1.807, 2.05) is 24.3 Å².